The average Bonchev–Trinajstić information content (AvgIpc) is 2.15. The number of hydrogen-bond acceptors (Lipinski definition) is 2. The Kier molecular flexibility index (Phi) is 6.86. The Morgan fingerprint density at radius 2 is 2.14 bits per heavy atom. The van der Waals surface area contributed by atoms with Gasteiger partial charge in [-0.2, -0.15) is 0 Å². The molecule has 0 atom stereocenters. The van der Waals surface area contributed by atoms with Crippen molar-refractivity contribution >= 4 is 5.91 Å². The molecule has 0 unspecified atom stereocenters. The summed E-state index contributed by atoms with van der Waals surface area (Å²) >= 11 is 0. The first-order valence-electron chi connectivity index (χ1n) is 3.93. The van der Waals surface area contributed by atoms with Crippen molar-refractivity contribution in [3.8, 4) is 5.75 Å². The number of rotatable bonds is 3. The molecule has 0 spiro atoms. The van der Waals surface area contributed by atoms with Crippen LogP contribution in [-0.4, -0.2) is 17.6 Å². The summed E-state index contributed by atoms with van der Waals surface area (Å²) in [4.78, 5) is 11.3. The summed E-state index contributed by atoms with van der Waals surface area (Å²) in [5.74, 6) is -0.304. The molecule has 1 rings (SSSR count). The number of carbonyl (C=O) groups excluding carboxylic acids is 1. The van der Waals surface area contributed by atoms with Gasteiger partial charge < -0.3 is 10.4 Å². The molecule has 0 saturated carbocycles. The minimum Gasteiger partial charge on any atom is -0.507 e. The molecule has 0 aliphatic rings. The molecule has 1 radical (unpaired) electrons. The molecule has 0 aliphatic heterocycles. The third kappa shape index (κ3) is 3.81. The predicted octanol–water partition coefficient (Wildman–Crippen LogP) is 1.31. The van der Waals surface area contributed by atoms with Gasteiger partial charge in [-0.15, -0.1) is 6.58 Å². The second-order valence-electron chi connectivity index (χ2n) is 2.52. The van der Waals surface area contributed by atoms with Crippen molar-refractivity contribution < 1.29 is 54.0 Å². The Hall–Kier alpha value is -0.328. The molecule has 2 N–H and O–H groups in total. The first-order chi connectivity index (χ1) is 6.25. The summed E-state index contributed by atoms with van der Waals surface area (Å²) in [6.07, 6.45) is 1.58. The smallest absolute Gasteiger partial charge is 0.255 e. The van der Waals surface area contributed by atoms with Gasteiger partial charge >= 0.3 is 0 Å². The third-order valence-corrected chi connectivity index (χ3v) is 1.56. The number of phenols is 1. The SMILES string of the molecule is C=CCNC(=O)c1ccccc1O.[Ac]. The van der Waals surface area contributed by atoms with Crippen molar-refractivity contribution in [2.75, 3.05) is 6.54 Å². The van der Waals surface area contributed by atoms with Crippen molar-refractivity contribution in [1.29, 1.82) is 0 Å². The van der Waals surface area contributed by atoms with Crippen molar-refractivity contribution in [1.82, 2.24) is 5.32 Å². The Balaban J connectivity index is 0.00000169. The van der Waals surface area contributed by atoms with Crippen LogP contribution in [0.5, 0.6) is 5.75 Å². The predicted molar refractivity (Wildman–Crippen MR) is 50.6 cm³/mol. The van der Waals surface area contributed by atoms with Gasteiger partial charge in [0.05, 0.1) is 5.56 Å². The van der Waals surface area contributed by atoms with Crippen LogP contribution in [0.1, 0.15) is 10.4 Å². The normalized spacial score (nSPS) is 8.57. The van der Waals surface area contributed by atoms with E-state index in [9.17, 15) is 9.90 Å². The van der Waals surface area contributed by atoms with Crippen LogP contribution in [0.2, 0.25) is 0 Å². The quantitative estimate of drug-likeness (QED) is 0.747. The van der Waals surface area contributed by atoms with Crippen LogP contribution < -0.4 is 5.32 Å². The molecule has 71 valence electrons. The van der Waals surface area contributed by atoms with Crippen LogP contribution in [0.25, 0.3) is 0 Å². The van der Waals surface area contributed by atoms with Gasteiger partial charge in [0.15, 0.2) is 0 Å². The van der Waals surface area contributed by atoms with Crippen LogP contribution in [0, 0.1) is 44.1 Å². The summed E-state index contributed by atoms with van der Waals surface area (Å²) in [6.45, 7) is 3.87. The maximum atomic E-state index is 11.3. The van der Waals surface area contributed by atoms with Crippen molar-refractivity contribution in [2.24, 2.45) is 0 Å². The zero-order chi connectivity index (χ0) is 9.68. The first kappa shape index (κ1) is 13.7. The van der Waals surface area contributed by atoms with Gasteiger partial charge in [-0.1, -0.05) is 18.2 Å². The fourth-order valence-corrected chi connectivity index (χ4v) is 0.926. The Bertz CT molecular complexity index is 326. The summed E-state index contributed by atoms with van der Waals surface area (Å²) in [5.41, 5.74) is 0.282. The third-order valence-electron chi connectivity index (χ3n) is 1.56. The number of hydrogen-bond donors (Lipinski definition) is 2. The number of aromatic hydroxyl groups is 1. The number of amides is 1. The van der Waals surface area contributed by atoms with E-state index in [0.717, 1.165) is 0 Å². The van der Waals surface area contributed by atoms with Crippen LogP contribution in [0.4, 0.5) is 0 Å². The fourth-order valence-electron chi connectivity index (χ4n) is 0.926. The molecule has 0 aliphatic carbocycles. The molecule has 0 saturated heterocycles. The van der Waals surface area contributed by atoms with Gasteiger partial charge in [0.2, 0.25) is 0 Å². The van der Waals surface area contributed by atoms with Crippen LogP contribution in [-0.2, 0) is 0 Å². The molecule has 0 bridgehead atoms. The number of benzene rings is 1. The van der Waals surface area contributed by atoms with Gasteiger partial charge in [-0.3, -0.25) is 4.79 Å². The number of nitrogens with one attached hydrogen (secondary N) is 1. The van der Waals surface area contributed by atoms with E-state index in [0.29, 0.717) is 6.54 Å². The molecule has 1 amide bonds. The van der Waals surface area contributed by atoms with Crippen molar-refractivity contribution in [2.45, 2.75) is 0 Å². The Morgan fingerprint density at radius 1 is 1.50 bits per heavy atom. The van der Waals surface area contributed by atoms with Crippen molar-refractivity contribution in [3.63, 3.8) is 0 Å². The molecule has 0 heterocycles. The number of para-hydroxylation sites is 1. The summed E-state index contributed by atoms with van der Waals surface area (Å²) < 4.78 is 0. The van der Waals surface area contributed by atoms with Gasteiger partial charge in [0.25, 0.3) is 5.91 Å². The van der Waals surface area contributed by atoms with E-state index >= 15 is 0 Å². The maximum Gasteiger partial charge on any atom is 0.255 e. The van der Waals surface area contributed by atoms with Crippen molar-refractivity contribution in [3.05, 3.63) is 42.5 Å². The van der Waals surface area contributed by atoms with Gasteiger partial charge in [-0.25, -0.2) is 0 Å². The summed E-state index contributed by atoms with van der Waals surface area (Å²) in [7, 11) is 0. The largest absolute Gasteiger partial charge is 0.507 e. The van der Waals surface area contributed by atoms with E-state index < -0.39 is 0 Å². The molecule has 4 heteroatoms. The minimum atomic E-state index is -0.294. The topological polar surface area (TPSA) is 49.3 Å². The molecule has 1 aromatic rings. The standard InChI is InChI=1S/C10H11NO2.Ac/c1-2-7-11-10(13)8-5-3-4-6-9(8)12;/h2-6,12H,1,7H2,(H,11,13);. The molecular weight excluding hydrogens is 393 g/mol. The first-order valence-corrected chi connectivity index (χ1v) is 3.93. The van der Waals surface area contributed by atoms with E-state index in [-0.39, 0.29) is 61.3 Å². The minimum absolute atomic E-state index is 0. The van der Waals surface area contributed by atoms with E-state index in [1.165, 1.54) is 6.07 Å². The van der Waals surface area contributed by atoms with Gasteiger partial charge in [-0.05, 0) is 12.1 Å². The van der Waals surface area contributed by atoms with Gasteiger partial charge in [0.1, 0.15) is 5.75 Å². The maximum absolute atomic E-state index is 11.3. The second-order valence-corrected chi connectivity index (χ2v) is 2.52. The molecular formula is C10H11AcNO2. The Labute approximate surface area is 119 Å². The van der Waals surface area contributed by atoms with Gasteiger partial charge in [0, 0.05) is 50.6 Å². The number of carbonyl (C=O) groups is 1. The van der Waals surface area contributed by atoms with Crippen LogP contribution >= 0.6 is 0 Å². The Morgan fingerprint density at radius 3 is 2.71 bits per heavy atom. The molecule has 3 nitrogen and oxygen atoms in total. The molecule has 14 heavy (non-hydrogen) atoms. The summed E-state index contributed by atoms with van der Waals surface area (Å²) in [6, 6.07) is 6.40. The monoisotopic (exact) mass is 404 g/mol. The van der Waals surface area contributed by atoms with E-state index in [1.54, 1.807) is 24.3 Å². The average molecular weight is 404 g/mol. The van der Waals surface area contributed by atoms with E-state index in [2.05, 4.69) is 11.9 Å². The fraction of sp³-hybridized carbons (Fsp3) is 0.100. The zero-order valence-electron chi connectivity index (χ0n) is 7.73. The molecule has 1 aromatic carbocycles. The number of phenolic OH excluding ortho intramolecular Hbond substituents is 1. The second kappa shape index (κ2) is 7.03. The van der Waals surface area contributed by atoms with Crippen LogP contribution in [0.3, 0.4) is 0 Å². The molecule has 0 fully saturated rings. The van der Waals surface area contributed by atoms with E-state index in [1.807, 2.05) is 0 Å². The zero-order valence-corrected chi connectivity index (χ0v) is 12.5. The molecule has 0 aromatic heterocycles. The summed E-state index contributed by atoms with van der Waals surface area (Å²) in [5, 5.41) is 11.9. The van der Waals surface area contributed by atoms with Crippen LogP contribution in [0.15, 0.2) is 36.9 Å². The van der Waals surface area contributed by atoms with E-state index in [4.69, 9.17) is 0 Å².